The van der Waals surface area contributed by atoms with Crippen LogP contribution in [-0.4, -0.2) is 0 Å². The van der Waals surface area contributed by atoms with Crippen molar-refractivity contribution in [2.45, 2.75) is 0 Å². The van der Waals surface area contributed by atoms with Crippen LogP contribution in [0, 0.1) is 0 Å². The Hall–Kier alpha value is -6.38. The topological polar surface area (TPSA) is 16.4 Å². The molecular weight excluding hydrogens is 583 g/mol. The Bertz CT molecular complexity index is 3410. The van der Waals surface area contributed by atoms with Gasteiger partial charge in [-0.1, -0.05) is 139 Å². The minimum atomic E-state index is -0.855. The molecule has 0 saturated heterocycles. The Morgan fingerprint density at radius 3 is 1.69 bits per heavy atom. The lowest BCUT2D eigenvalue weighted by Crippen LogP contribution is -2.09. The summed E-state index contributed by atoms with van der Waals surface area (Å²) in [6, 6.07) is 13.9. The predicted octanol–water partition coefficient (Wildman–Crippen LogP) is 13.2. The van der Waals surface area contributed by atoms with Gasteiger partial charge in [0.05, 0.1) is 23.3 Å². The van der Waals surface area contributed by atoms with E-state index >= 15 is 0 Å². The largest absolute Gasteiger partial charge is 0.455 e. The van der Waals surface area contributed by atoms with Crippen LogP contribution in [0.25, 0.3) is 66.1 Å². The zero-order valence-corrected chi connectivity index (χ0v) is 24.9. The normalized spacial score (nSPS) is 16.3. The van der Waals surface area contributed by atoms with Crippen molar-refractivity contribution in [2.24, 2.45) is 0 Å². The van der Waals surface area contributed by atoms with E-state index in [2.05, 4.69) is 0 Å². The second kappa shape index (κ2) is 11.8. The van der Waals surface area contributed by atoms with Gasteiger partial charge in [0, 0.05) is 33.2 Å². The minimum absolute atomic E-state index is 0.0352. The number of furan rings is 1. The Balaban J connectivity index is 1.39. The van der Waals surface area contributed by atoms with E-state index in [9.17, 15) is 5.48 Å². The van der Waals surface area contributed by atoms with Crippen LogP contribution in [0.5, 0.6) is 0 Å². The van der Waals surface area contributed by atoms with Crippen LogP contribution in [-0.2, 0) is 0 Å². The summed E-state index contributed by atoms with van der Waals surface area (Å²) in [5, 5.41) is -0.996. The summed E-state index contributed by atoms with van der Waals surface area (Å²) in [6.07, 6.45) is 0. The molecule has 0 aliphatic carbocycles. The minimum Gasteiger partial charge on any atom is -0.455 e. The van der Waals surface area contributed by atoms with E-state index in [-0.39, 0.29) is 32.9 Å². The van der Waals surface area contributed by atoms with Crippen molar-refractivity contribution in [3.05, 3.63) is 188 Å². The number of hydrogen-bond donors (Lipinski definition) is 0. The standard InChI is InChI=1S/C46H31NO/c1-4-13-32(14-5-1)33-23-25-35(26-24-33)42-31-43-45-39(21-12-22-44(45)48-46(43)41-20-11-10-19-40(41)42)34-27-29-38(30-28-34)47(36-15-6-2-7-16-36)37-17-8-3-9-18-37/h1-31H/i1D,4D,5D,10D,11D,12D,13D,14D,19D,20D,21D,22D,23D,24D,25D,26D,31D. The van der Waals surface area contributed by atoms with Gasteiger partial charge < -0.3 is 9.32 Å². The lowest BCUT2D eigenvalue weighted by Gasteiger charge is -2.25. The Labute approximate surface area is 303 Å². The molecule has 8 aromatic carbocycles. The third-order valence-corrected chi connectivity index (χ3v) is 8.00. The molecule has 226 valence electrons. The molecule has 1 heterocycles. The SMILES string of the molecule is [2H]c1c([2H])c([2H])c(-c2c([2H])c([2H])c(-c3c([2H])c4c(oc5c([2H])c([2H])c([2H])c(-c6ccc(N(c7ccccc7)c7ccccc7)cc6)c54)c4c([2H])c([2H])c([2H])c([2H])c34)c([2H])c2[2H])c([2H])c1[2H]. The average Bonchev–Trinajstić information content (AvgIpc) is 3.71. The van der Waals surface area contributed by atoms with Crippen LogP contribution in [0.15, 0.2) is 192 Å². The molecule has 0 aliphatic rings. The van der Waals surface area contributed by atoms with Crippen LogP contribution >= 0.6 is 0 Å². The van der Waals surface area contributed by atoms with Crippen molar-refractivity contribution in [1.29, 1.82) is 0 Å². The predicted molar refractivity (Wildman–Crippen MR) is 202 cm³/mol. The summed E-state index contributed by atoms with van der Waals surface area (Å²) in [6.45, 7) is 0. The summed E-state index contributed by atoms with van der Waals surface area (Å²) in [7, 11) is 0. The molecule has 1 aromatic heterocycles. The fourth-order valence-corrected chi connectivity index (χ4v) is 5.84. The van der Waals surface area contributed by atoms with Crippen LogP contribution in [0.4, 0.5) is 17.1 Å². The highest BCUT2D eigenvalue weighted by atomic mass is 16.3. The maximum atomic E-state index is 9.88. The van der Waals surface area contributed by atoms with E-state index in [0.29, 0.717) is 5.56 Å². The van der Waals surface area contributed by atoms with Gasteiger partial charge in [-0.05, 0) is 87.2 Å². The number of nitrogens with zero attached hydrogens (tertiary/aromatic N) is 1. The van der Waals surface area contributed by atoms with Crippen LogP contribution in [0.3, 0.4) is 0 Å². The highest BCUT2D eigenvalue weighted by molar-refractivity contribution is 6.22. The first kappa shape index (κ1) is 15.5. The zero-order valence-electron chi connectivity index (χ0n) is 41.9. The molecule has 0 radical (unpaired) electrons. The van der Waals surface area contributed by atoms with E-state index in [1.807, 2.05) is 65.6 Å². The molecule has 0 amide bonds. The molecule has 0 N–H and O–H groups in total. The van der Waals surface area contributed by atoms with Crippen molar-refractivity contribution < 1.29 is 27.7 Å². The molecule has 2 heteroatoms. The van der Waals surface area contributed by atoms with Crippen molar-refractivity contribution in [1.82, 2.24) is 0 Å². The van der Waals surface area contributed by atoms with E-state index in [1.54, 1.807) is 24.3 Å². The zero-order chi connectivity index (χ0) is 46.7. The molecule has 2 nitrogen and oxygen atoms in total. The highest BCUT2D eigenvalue weighted by Crippen LogP contribution is 2.44. The fraction of sp³-hybridized carbons (Fsp3) is 0. The van der Waals surface area contributed by atoms with E-state index in [4.69, 9.17) is 22.2 Å². The first-order valence-corrected chi connectivity index (χ1v) is 15.0. The van der Waals surface area contributed by atoms with Gasteiger partial charge in [0.25, 0.3) is 0 Å². The van der Waals surface area contributed by atoms with Gasteiger partial charge in [-0.3, -0.25) is 0 Å². The summed E-state index contributed by atoms with van der Waals surface area (Å²) >= 11 is 0. The number of benzene rings is 8. The Morgan fingerprint density at radius 1 is 0.417 bits per heavy atom. The van der Waals surface area contributed by atoms with Crippen molar-refractivity contribution >= 4 is 49.8 Å². The highest BCUT2D eigenvalue weighted by Gasteiger charge is 2.18. The number of fused-ring (bicyclic) bond motifs is 5. The Kier molecular flexibility index (Phi) is 3.79. The van der Waals surface area contributed by atoms with Gasteiger partial charge in [0.2, 0.25) is 0 Å². The maximum Gasteiger partial charge on any atom is 0.143 e. The van der Waals surface area contributed by atoms with Crippen molar-refractivity contribution in [3.63, 3.8) is 0 Å². The molecule has 48 heavy (non-hydrogen) atoms. The average molecular weight is 631 g/mol. The first-order valence-electron chi connectivity index (χ1n) is 23.5. The van der Waals surface area contributed by atoms with Crippen LogP contribution in [0.2, 0.25) is 0 Å². The molecular formula is C46H31NO. The van der Waals surface area contributed by atoms with Crippen molar-refractivity contribution in [3.8, 4) is 33.4 Å². The summed E-state index contributed by atoms with van der Waals surface area (Å²) < 4.78 is 157. The van der Waals surface area contributed by atoms with Gasteiger partial charge in [0.15, 0.2) is 0 Å². The molecule has 9 aromatic rings. The van der Waals surface area contributed by atoms with Crippen molar-refractivity contribution in [2.75, 3.05) is 4.90 Å². The maximum absolute atomic E-state index is 9.88. The Morgan fingerprint density at radius 2 is 1.00 bits per heavy atom. The first-order chi connectivity index (χ1) is 30.9. The molecule has 0 spiro atoms. The molecule has 0 saturated carbocycles. The second-order valence-corrected chi connectivity index (χ2v) is 10.8. The monoisotopic (exact) mass is 630 g/mol. The molecule has 0 atom stereocenters. The quantitative estimate of drug-likeness (QED) is 0.182. The molecule has 0 unspecified atom stereocenters. The molecule has 0 aliphatic heterocycles. The fourth-order valence-electron chi connectivity index (χ4n) is 5.84. The summed E-state index contributed by atoms with van der Waals surface area (Å²) in [5.74, 6) is 0. The van der Waals surface area contributed by atoms with Gasteiger partial charge in [-0.2, -0.15) is 0 Å². The molecule has 9 rings (SSSR count). The summed E-state index contributed by atoms with van der Waals surface area (Å²) in [4.78, 5) is 2.01. The third-order valence-electron chi connectivity index (χ3n) is 8.00. The second-order valence-electron chi connectivity index (χ2n) is 10.8. The number of rotatable bonds is 6. The van der Waals surface area contributed by atoms with E-state index < -0.39 is 130 Å². The summed E-state index contributed by atoms with van der Waals surface area (Å²) in [5.41, 5.74) is -0.107. The van der Waals surface area contributed by atoms with E-state index in [0.717, 1.165) is 17.1 Å². The smallest absolute Gasteiger partial charge is 0.143 e. The number of para-hydroxylation sites is 2. The van der Waals surface area contributed by atoms with Crippen LogP contribution < -0.4 is 4.90 Å². The number of hydrogen-bond acceptors (Lipinski definition) is 2. The lowest BCUT2D eigenvalue weighted by molar-refractivity contribution is 0.673. The van der Waals surface area contributed by atoms with Gasteiger partial charge in [0.1, 0.15) is 11.2 Å². The van der Waals surface area contributed by atoms with E-state index in [1.165, 1.54) is 0 Å². The van der Waals surface area contributed by atoms with Gasteiger partial charge in [-0.15, -0.1) is 0 Å². The third kappa shape index (κ3) is 4.83. The molecule has 0 bridgehead atoms. The lowest BCUT2D eigenvalue weighted by atomic mass is 9.92. The molecule has 0 fully saturated rings. The van der Waals surface area contributed by atoms with Gasteiger partial charge in [-0.25, -0.2) is 0 Å². The number of anilines is 3. The van der Waals surface area contributed by atoms with Crippen LogP contribution in [0.1, 0.15) is 23.3 Å². The van der Waals surface area contributed by atoms with Gasteiger partial charge >= 0.3 is 0 Å².